The van der Waals surface area contributed by atoms with Gasteiger partial charge in [0.05, 0.1) is 17.8 Å². The van der Waals surface area contributed by atoms with E-state index in [1.165, 1.54) is 12.8 Å². The quantitative estimate of drug-likeness (QED) is 0.800. The van der Waals surface area contributed by atoms with Gasteiger partial charge < -0.3 is 14.9 Å². The lowest BCUT2D eigenvalue weighted by Crippen LogP contribution is -2.41. The van der Waals surface area contributed by atoms with Gasteiger partial charge in [-0.05, 0) is 25.7 Å². The molecule has 3 fully saturated rings. The lowest BCUT2D eigenvalue weighted by molar-refractivity contribution is -0.143. The molecule has 19 heavy (non-hydrogen) atoms. The molecule has 0 amide bonds. The highest BCUT2D eigenvalue weighted by atomic mass is 16.5. The highest BCUT2D eigenvalue weighted by molar-refractivity contribution is 5.74. The number of carboxylic acid groups (broad SMARTS) is 1. The first-order valence-electron chi connectivity index (χ1n) is 7.41. The first-order valence-corrected chi connectivity index (χ1v) is 7.41. The van der Waals surface area contributed by atoms with E-state index in [1.807, 2.05) is 4.90 Å². The number of hydrogen-bond acceptors (Lipinski definition) is 4. The summed E-state index contributed by atoms with van der Waals surface area (Å²) in [4.78, 5) is 13.1. The molecule has 3 aliphatic rings. The zero-order valence-electron chi connectivity index (χ0n) is 11.3. The molecule has 3 unspecified atom stereocenters. The molecular weight excluding hydrogens is 246 g/mol. The van der Waals surface area contributed by atoms with Crippen LogP contribution in [0.25, 0.3) is 0 Å². The predicted molar refractivity (Wildman–Crippen MR) is 68.9 cm³/mol. The smallest absolute Gasteiger partial charge is 0.321 e. The van der Waals surface area contributed by atoms with Crippen LogP contribution < -0.4 is 0 Å². The van der Waals surface area contributed by atoms with Crippen molar-refractivity contribution in [2.75, 3.05) is 13.1 Å². The minimum atomic E-state index is -0.829. The van der Waals surface area contributed by atoms with Crippen LogP contribution in [0.3, 0.4) is 0 Å². The molecule has 5 heteroatoms. The molecule has 3 rings (SSSR count). The van der Waals surface area contributed by atoms with Gasteiger partial charge in [-0.25, -0.2) is 0 Å². The molecular formula is C14H23NO4. The SMILES string of the molecule is O=C(O)C1CC(O)CN1CC1CCC2(CCCC2)O1. The molecule has 108 valence electrons. The molecule has 2 saturated heterocycles. The zero-order valence-corrected chi connectivity index (χ0v) is 11.3. The van der Waals surface area contributed by atoms with Gasteiger partial charge in [0.2, 0.25) is 0 Å². The number of carbonyl (C=O) groups is 1. The lowest BCUT2D eigenvalue weighted by Gasteiger charge is -2.27. The molecule has 2 heterocycles. The summed E-state index contributed by atoms with van der Waals surface area (Å²) >= 11 is 0. The Bertz CT molecular complexity index is 353. The van der Waals surface area contributed by atoms with E-state index in [4.69, 9.17) is 4.74 Å². The van der Waals surface area contributed by atoms with E-state index >= 15 is 0 Å². The van der Waals surface area contributed by atoms with Crippen molar-refractivity contribution in [1.29, 1.82) is 0 Å². The maximum Gasteiger partial charge on any atom is 0.321 e. The molecule has 2 aliphatic heterocycles. The zero-order chi connectivity index (χ0) is 13.5. The normalized spacial score (nSPS) is 38.3. The van der Waals surface area contributed by atoms with Crippen molar-refractivity contribution in [2.45, 2.75) is 68.8 Å². The Morgan fingerprint density at radius 1 is 1.32 bits per heavy atom. The monoisotopic (exact) mass is 269 g/mol. The molecule has 0 aromatic carbocycles. The number of aliphatic carboxylic acids is 1. The summed E-state index contributed by atoms with van der Waals surface area (Å²) in [6, 6.07) is -0.543. The second-order valence-electron chi connectivity index (χ2n) is 6.37. The van der Waals surface area contributed by atoms with Crippen LogP contribution in [0.2, 0.25) is 0 Å². The standard InChI is InChI=1S/C14H23NO4/c16-10-7-12(13(17)18)15(8-10)9-11-3-6-14(19-11)4-1-2-5-14/h10-12,16H,1-9H2,(H,17,18). The molecule has 5 nitrogen and oxygen atoms in total. The highest BCUT2D eigenvalue weighted by Gasteiger charge is 2.44. The number of ether oxygens (including phenoxy) is 1. The minimum absolute atomic E-state index is 0.0989. The summed E-state index contributed by atoms with van der Waals surface area (Å²) in [5, 5.41) is 18.8. The Labute approximate surface area is 113 Å². The third kappa shape index (κ3) is 2.64. The predicted octanol–water partition coefficient (Wildman–Crippen LogP) is 0.998. The van der Waals surface area contributed by atoms with Crippen LogP contribution in [0.4, 0.5) is 0 Å². The van der Waals surface area contributed by atoms with E-state index in [1.54, 1.807) is 0 Å². The van der Waals surface area contributed by atoms with Crippen molar-refractivity contribution in [3.05, 3.63) is 0 Å². The van der Waals surface area contributed by atoms with Gasteiger partial charge in [0, 0.05) is 19.5 Å². The Hall–Kier alpha value is -0.650. The second kappa shape index (κ2) is 5.04. The molecule has 0 aromatic rings. The summed E-state index contributed by atoms with van der Waals surface area (Å²) in [7, 11) is 0. The van der Waals surface area contributed by atoms with Crippen LogP contribution in [0, 0.1) is 0 Å². The molecule has 2 N–H and O–H groups in total. The van der Waals surface area contributed by atoms with E-state index in [9.17, 15) is 15.0 Å². The summed E-state index contributed by atoms with van der Waals surface area (Å²) in [5.74, 6) is -0.829. The molecule has 0 aromatic heterocycles. The largest absolute Gasteiger partial charge is 0.480 e. The van der Waals surface area contributed by atoms with Gasteiger partial charge >= 0.3 is 5.97 Å². The Morgan fingerprint density at radius 2 is 2.05 bits per heavy atom. The number of nitrogens with zero attached hydrogens (tertiary/aromatic N) is 1. The minimum Gasteiger partial charge on any atom is -0.480 e. The summed E-state index contributed by atoms with van der Waals surface area (Å²) in [6.07, 6.45) is 6.95. The molecule has 0 bridgehead atoms. The lowest BCUT2D eigenvalue weighted by atomic mass is 9.98. The fourth-order valence-corrected chi connectivity index (χ4v) is 4.01. The third-order valence-corrected chi connectivity index (χ3v) is 4.96. The number of hydrogen-bond donors (Lipinski definition) is 2. The Morgan fingerprint density at radius 3 is 2.74 bits per heavy atom. The third-order valence-electron chi connectivity index (χ3n) is 4.96. The van der Waals surface area contributed by atoms with Crippen molar-refractivity contribution in [2.24, 2.45) is 0 Å². The summed E-state index contributed by atoms with van der Waals surface area (Å²) < 4.78 is 6.22. The van der Waals surface area contributed by atoms with E-state index < -0.39 is 18.1 Å². The van der Waals surface area contributed by atoms with Crippen LogP contribution in [-0.4, -0.2) is 58.0 Å². The topological polar surface area (TPSA) is 70.0 Å². The fraction of sp³-hybridized carbons (Fsp3) is 0.929. The van der Waals surface area contributed by atoms with Crippen LogP contribution >= 0.6 is 0 Å². The van der Waals surface area contributed by atoms with Gasteiger partial charge in [-0.3, -0.25) is 9.69 Å². The van der Waals surface area contributed by atoms with Crippen molar-refractivity contribution in [1.82, 2.24) is 4.90 Å². The summed E-state index contributed by atoms with van der Waals surface area (Å²) in [5.41, 5.74) is 0.0989. The molecule has 1 aliphatic carbocycles. The number of aliphatic hydroxyl groups is 1. The number of carboxylic acids is 1. The maximum atomic E-state index is 11.2. The Kier molecular flexibility index (Phi) is 3.53. The van der Waals surface area contributed by atoms with Crippen LogP contribution in [-0.2, 0) is 9.53 Å². The van der Waals surface area contributed by atoms with Crippen molar-refractivity contribution >= 4 is 5.97 Å². The van der Waals surface area contributed by atoms with E-state index in [2.05, 4.69) is 0 Å². The molecule has 3 atom stereocenters. The number of aliphatic hydroxyl groups excluding tert-OH is 1. The molecule has 1 saturated carbocycles. The van der Waals surface area contributed by atoms with Gasteiger partial charge in [-0.15, -0.1) is 0 Å². The van der Waals surface area contributed by atoms with Gasteiger partial charge in [-0.1, -0.05) is 12.8 Å². The van der Waals surface area contributed by atoms with Gasteiger partial charge in [-0.2, -0.15) is 0 Å². The van der Waals surface area contributed by atoms with Crippen LogP contribution in [0.1, 0.15) is 44.9 Å². The van der Waals surface area contributed by atoms with Crippen molar-refractivity contribution < 1.29 is 19.7 Å². The molecule has 1 spiro atoms. The maximum absolute atomic E-state index is 11.2. The first-order chi connectivity index (χ1) is 9.08. The van der Waals surface area contributed by atoms with Crippen molar-refractivity contribution in [3.8, 4) is 0 Å². The van der Waals surface area contributed by atoms with Gasteiger partial charge in [0.1, 0.15) is 6.04 Å². The van der Waals surface area contributed by atoms with E-state index in [-0.39, 0.29) is 11.7 Å². The van der Waals surface area contributed by atoms with E-state index in [0.29, 0.717) is 19.5 Å². The van der Waals surface area contributed by atoms with Gasteiger partial charge in [0.15, 0.2) is 0 Å². The van der Waals surface area contributed by atoms with Gasteiger partial charge in [0.25, 0.3) is 0 Å². The number of rotatable bonds is 3. The van der Waals surface area contributed by atoms with E-state index in [0.717, 1.165) is 25.7 Å². The van der Waals surface area contributed by atoms with Crippen molar-refractivity contribution in [3.63, 3.8) is 0 Å². The fourth-order valence-electron chi connectivity index (χ4n) is 4.01. The first kappa shape index (κ1) is 13.3. The number of likely N-dealkylation sites (tertiary alicyclic amines) is 1. The highest BCUT2D eigenvalue weighted by Crippen LogP contribution is 2.43. The Balaban J connectivity index is 1.58. The average molecular weight is 269 g/mol. The second-order valence-corrected chi connectivity index (χ2v) is 6.37. The average Bonchev–Trinajstić information content (AvgIpc) is 3.04. The number of β-amino-alcohol motifs (C(OH)–C–C–N with tert-alkyl or cyclic N) is 1. The summed E-state index contributed by atoms with van der Waals surface area (Å²) in [6.45, 7) is 1.11. The van der Waals surface area contributed by atoms with Crippen LogP contribution in [0.15, 0.2) is 0 Å². The van der Waals surface area contributed by atoms with Crippen LogP contribution in [0.5, 0.6) is 0 Å². The molecule has 0 radical (unpaired) electrons.